The lowest BCUT2D eigenvalue weighted by molar-refractivity contribution is 0.231. The Morgan fingerprint density at radius 2 is 1.31 bits per heavy atom. The molecule has 0 radical (unpaired) electrons. The van der Waals surface area contributed by atoms with E-state index in [0.29, 0.717) is 0 Å². The van der Waals surface area contributed by atoms with Gasteiger partial charge in [0.25, 0.3) is 0 Å². The molecule has 0 fully saturated rings. The zero-order valence-corrected chi connectivity index (χ0v) is 15.3. The monoisotopic (exact) mass is 341 g/mol. The molecule has 0 amide bonds. The van der Waals surface area contributed by atoms with Gasteiger partial charge in [-0.2, -0.15) is 0 Å². The Bertz CT molecular complexity index is 908. The Balaban J connectivity index is 1.77. The number of benzene rings is 3. The fraction of sp³-hybridized carbons (Fsp3) is 0.208. The molecule has 3 aromatic carbocycles. The molecule has 0 saturated carbocycles. The summed E-state index contributed by atoms with van der Waals surface area (Å²) in [7, 11) is 0. The molecule has 1 aliphatic carbocycles. The predicted octanol–water partition coefficient (Wildman–Crippen LogP) is 5.36. The van der Waals surface area contributed by atoms with Crippen LogP contribution in [-0.4, -0.2) is 11.9 Å². The summed E-state index contributed by atoms with van der Waals surface area (Å²) in [5.74, 6) is 0.888. The molecule has 4 rings (SSSR count). The van der Waals surface area contributed by atoms with Gasteiger partial charge in [0.1, 0.15) is 5.75 Å². The SMILES string of the molecule is Cc1ccccc1OC(C)N=C1c2ccccc2CCc2ccccc21. The molecule has 1 atom stereocenters. The van der Waals surface area contributed by atoms with Crippen molar-refractivity contribution in [2.45, 2.75) is 32.9 Å². The maximum Gasteiger partial charge on any atom is 0.187 e. The Kier molecular flexibility index (Phi) is 4.57. The van der Waals surface area contributed by atoms with Gasteiger partial charge >= 0.3 is 0 Å². The van der Waals surface area contributed by atoms with Crippen molar-refractivity contribution in [3.8, 4) is 5.75 Å². The average Bonchev–Trinajstić information content (AvgIpc) is 2.82. The number of fused-ring (bicyclic) bond motifs is 2. The molecular weight excluding hydrogens is 318 g/mol. The second kappa shape index (κ2) is 7.17. The van der Waals surface area contributed by atoms with E-state index in [1.54, 1.807) is 0 Å². The fourth-order valence-corrected chi connectivity index (χ4v) is 3.57. The maximum absolute atomic E-state index is 6.13. The number of aryl methyl sites for hydroxylation is 3. The molecular formula is C24H23NO. The van der Waals surface area contributed by atoms with Crippen molar-refractivity contribution in [1.82, 2.24) is 0 Å². The summed E-state index contributed by atoms with van der Waals surface area (Å²) in [4.78, 5) is 5.01. The van der Waals surface area contributed by atoms with Crippen LogP contribution in [0.2, 0.25) is 0 Å². The van der Waals surface area contributed by atoms with Crippen LogP contribution < -0.4 is 4.74 Å². The lowest BCUT2D eigenvalue weighted by atomic mass is 9.98. The van der Waals surface area contributed by atoms with Crippen LogP contribution in [0.25, 0.3) is 0 Å². The van der Waals surface area contributed by atoms with Gasteiger partial charge in [0.15, 0.2) is 6.23 Å². The van der Waals surface area contributed by atoms with Crippen molar-refractivity contribution < 1.29 is 4.74 Å². The quantitative estimate of drug-likeness (QED) is 0.629. The predicted molar refractivity (Wildman–Crippen MR) is 107 cm³/mol. The van der Waals surface area contributed by atoms with Gasteiger partial charge in [0, 0.05) is 11.1 Å². The highest BCUT2D eigenvalue weighted by Crippen LogP contribution is 2.26. The second-order valence-corrected chi connectivity index (χ2v) is 6.77. The Hall–Kier alpha value is -2.87. The summed E-state index contributed by atoms with van der Waals surface area (Å²) in [5.41, 5.74) is 7.31. The van der Waals surface area contributed by atoms with E-state index in [1.165, 1.54) is 22.3 Å². The Morgan fingerprint density at radius 3 is 1.92 bits per heavy atom. The number of nitrogens with zero attached hydrogens (tertiary/aromatic N) is 1. The van der Waals surface area contributed by atoms with Crippen molar-refractivity contribution in [1.29, 1.82) is 0 Å². The minimum atomic E-state index is -0.259. The largest absolute Gasteiger partial charge is 0.469 e. The van der Waals surface area contributed by atoms with E-state index in [9.17, 15) is 0 Å². The summed E-state index contributed by atoms with van der Waals surface area (Å²) in [6, 6.07) is 25.3. The van der Waals surface area contributed by atoms with Gasteiger partial charge in [-0.15, -0.1) is 0 Å². The summed E-state index contributed by atoms with van der Waals surface area (Å²) < 4.78 is 6.13. The van der Waals surface area contributed by atoms with Crippen molar-refractivity contribution in [2.75, 3.05) is 0 Å². The van der Waals surface area contributed by atoms with E-state index in [0.717, 1.165) is 29.9 Å². The van der Waals surface area contributed by atoms with Crippen LogP contribution in [0.3, 0.4) is 0 Å². The molecule has 0 aromatic heterocycles. The van der Waals surface area contributed by atoms with Crippen LogP contribution in [-0.2, 0) is 12.8 Å². The van der Waals surface area contributed by atoms with Gasteiger partial charge in [-0.05, 0) is 49.4 Å². The lowest BCUT2D eigenvalue weighted by Crippen LogP contribution is -2.15. The van der Waals surface area contributed by atoms with Gasteiger partial charge in [-0.1, -0.05) is 66.7 Å². The highest BCUT2D eigenvalue weighted by atomic mass is 16.5. The first kappa shape index (κ1) is 16.6. The van der Waals surface area contributed by atoms with Crippen LogP contribution in [0.5, 0.6) is 5.75 Å². The maximum atomic E-state index is 6.13. The summed E-state index contributed by atoms with van der Waals surface area (Å²) in [6.07, 6.45) is 1.82. The Labute approximate surface area is 155 Å². The van der Waals surface area contributed by atoms with Crippen molar-refractivity contribution in [2.24, 2.45) is 4.99 Å². The second-order valence-electron chi connectivity index (χ2n) is 6.77. The molecule has 2 nitrogen and oxygen atoms in total. The number of hydrogen-bond donors (Lipinski definition) is 0. The standard InChI is InChI=1S/C24H23NO/c1-17-9-3-8-14-23(17)26-18(2)25-24-21-12-6-4-10-19(21)15-16-20-11-5-7-13-22(20)24/h3-14,18H,15-16H2,1-2H3. The van der Waals surface area contributed by atoms with Gasteiger partial charge < -0.3 is 4.74 Å². The fourth-order valence-electron chi connectivity index (χ4n) is 3.57. The van der Waals surface area contributed by atoms with E-state index in [-0.39, 0.29) is 6.23 Å². The van der Waals surface area contributed by atoms with Gasteiger partial charge in [0.05, 0.1) is 5.71 Å². The van der Waals surface area contributed by atoms with Crippen LogP contribution in [0.4, 0.5) is 0 Å². The van der Waals surface area contributed by atoms with Crippen molar-refractivity contribution in [3.63, 3.8) is 0 Å². The van der Waals surface area contributed by atoms with E-state index in [1.807, 2.05) is 25.1 Å². The van der Waals surface area contributed by atoms with Crippen LogP contribution in [0.1, 0.15) is 34.7 Å². The normalized spacial score (nSPS) is 14.0. The van der Waals surface area contributed by atoms with Gasteiger partial charge in [-0.25, -0.2) is 4.99 Å². The molecule has 0 aliphatic heterocycles. The third kappa shape index (κ3) is 3.28. The van der Waals surface area contributed by atoms with Crippen LogP contribution in [0, 0.1) is 6.92 Å². The highest BCUT2D eigenvalue weighted by Gasteiger charge is 2.20. The third-order valence-electron chi connectivity index (χ3n) is 4.91. The first-order chi connectivity index (χ1) is 12.7. The highest BCUT2D eigenvalue weighted by molar-refractivity contribution is 6.15. The molecule has 0 spiro atoms. The van der Waals surface area contributed by atoms with Gasteiger partial charge in [-0.3, -0.25) is 0 Å². The number of rotatable bonds is 3. The summed E-state index contributed by atoms with van der Waals surface area (Å²) in [5, 5.41) is 0. The molecule has 130 valence electrons. The number of hydrogen-bond acceptors (Lipinski definition) is 2. The third-order valence-corrected chi connectivity index (χ3v) is 4.91. The van der Waals surface area contributed by atoms with Gasteiger partial charge in [0.2, 0.25) is 0 Å². The first-order valence-corrected chi connectivity index (χ1v) is 9.19. The van der Waals surface area contributed by atoms with E-state index < -0.39 is 0 Å². The smallest absolute Gasteiger partial charge is 0.187 e. The topological polar surface area (TPSA) is 21.6 Å². The van der Waals surface area contributed by atoms with E-state index in [4.69, 9.17) is 9.73 Å². The van der Waals surface area contributed by atoms with Crippen LogP contribution >= 0.6 is 0 Å². The molecule has 0 heterocycles. The minimum absolute atomic E-state index is 0.259. The molecule has 0 N–H and O–H groups in total. The summed E-state index contributed by atoms with van der Waals surface area (Å²) in [6.45, 7) is 4.07. The molecule has 1 unspecified atom stereocenters. The minimum Gasteiger partial charge on any atom is -0.469 e. The van der Waals surface area contributed by atoms with Crippen molar-refractivity contribution in [3.05, 3.63) is 101 Å². The number of ether oxygens (including phenoxy) is 1. The number of para-hydroxylation sites is 1. The van der Waals surface area contributed by atoms with Crippen LogP contribution in [0.15, 0.2) is 77.8 Å². The summed E-state index contributed by atoms with van der Waals surface area (Å²) >= 11 is 0. The zero-order valence-electron chi connectivity index (χ0n) is 15.3. The van der Waals surface area contributed by atoms with E-state index in [2.05, 4.69) is 61.5 Å². The number of aliphatic imine (C=N–C) groups is 1. The molecule has 2 heteroatoms. The Morgan fingerprint density at radius 1 is 0.769 bits per heavy atom. The first-order valence-electron chi connectivity index (χ1n) is 9.19. The van der Waals surface area contributed by atoms with E-state index >= 15 is 0 Å². The lowest BCUT2D eigenvalue weighted by Gasteiger charge is -2.16. The molecule has 26 heavy (non-hydrogen) atoms. The zero-order chi connectivity index (χ0) is 17.9. The van der Waals surface area contributed by atoms with Crippen molar-refractivity contribution >= 4 is 5.71 Å². The average molecular weight is 341 g/mol. The molecule has 1 aliphatic rings. The molecule has 0 bridgehead atoms. The molecule has 0 saturated heterocycles. The molecule has 3 aromatic rings.